The molecule has 1 unspecified atom stereocenters. The van der Waals surface area contributed by atoms with Gasteiger partial charge >= 0.3 is 0 Å². The summed E-state index contributed by atoms with van der Waals surface area (Å²) in [6, 6.07) is 6.27. The van der Waals surface area contributed by atoms with Crippen LogP contribution < -0.4 is 9.47 Å². The Hall–Kier alpha value is -1.73. The molecule has 19 heavy (non-hydrogen) atoms. The Morgan fingerprint density at radius 1 is 1.26 bits per heavy atom. The molecule has 0 saturated heterocycles. The molecule has 0 bridgehead atoms. The Kier molecular flexibility index (Phi) is 5.65. The third-order valence-corrected chi connectivity index (χ3v) is 3.26. The Labute approximate surface area is 115 Å². The monoisotopic (exact) mass is 262 g/mol. The highest BCUT2D eigenvalue weighted by Crippen LogP contribution is 2.37. The van der Waals surface area contributed by atoms with Crippen molar-refractivity contribution in [2.45, 2.75) is 25.8 Å². The van der Waals surface area contributed by atoms with Gasteiger partial charge in [0.25, 0.3) is 0 Å². The molecule has 0 aliphatic rings. The molecule has 1 rings (SSSR count). The van der Waals surface area contributed by atoms with Crippen molar-refractivity contribution in [3.8, 4) is 17.6 Å². The van der Waals surface area contributed by atoms with Crippen molar-refractivity contribution in [2.24, 2.45) is 0 Å². The van der Waals surface area contributed by atoms with E-state index in [2.05, 4.69) is 11.0 Å². The van der Waals surface area contributed by atoms with Gasteiger partial charge in [0.2, 0.25) is 0 Å². The van der Waals surface area contributed by atoms with Crippen molar-refractivity contribution >= 4 is 0 Å². The summed E-state index contributed by atoms with van der Waals surface area (Å²) in [7, 11) is 7.35. The van der Waals surface area contributed by atoms with Gasteiger partial charge in [-0.25, -0.2) is 0 Å². The Balaban J connectivity index is 3.25. The minimum Gasteiger partial charge on any atom is -0.497 e. The Bertz CT molecular complexity index is 464. The lowest BCUT2D eigenvalue weighted by Gasteiger charge is -2.27. The number of nitriles is 1. The first-order valence-electron chi connectivity index (χ1n) is 6.31. The SMILES string of the molecule is COc1cc(C)c(C(CCC#N)N(C)C)c(OC)c1. The smallest absolute Gasteiger partial charge is 0.127 e. The molecule has 4 nitrogen and oxygen atoms in total. The fourth-order valence-corrected chi connectivity index (χ4v) is 2.31. The van der Waals surface area contributed by atoms with Crippen LogP contribution in [0, 0.1) is 18.3 Å². The zero-order chi connectivity index (χ0) is 14.4. The van der Waals surface area contributed by atoms with Crippen molar-refractivity contribution in [1.29, 1.82) is 5.26 Å². The Morgan fingerprint density at radius 3 is 2.42 bits per heavy atom. The second-order valence-electron chi connectivity index (χ2n) is 4.74. The molecule has 0 fully saturated rings. The summed E-state index contributed by atoms with van der Waals surface area (Å²) >= 11 is 0. The number of hydrogen-bond donors (Lipinski definition) is 0. The first kappa shape index (κ1) is 15.3. The number of aryl methyl sites for hydroxylation is 1. The van der Waals surface area contributed by atoms with Crippen LogP contribution in [0.2, 0.25) is 0 Å². The lowest BCUT2D eigenvalue weighted by molar-refractivity contribution is 0.275. The second kappa shape index (κ2) is 7.01. The van der Waals surface area contributed by atoms with Crippen LogP contribution >= 0.6 is 0 Å². The molecule has 0 saturated carbocycles. The molecule has 0 amide bonds. The number of hydrogen-bond acceptors (Lipinski definition) is 4. The maximum atomic E-state index is 8.80. The molecule has 0 aromatic heterocycles. The molecule has 0 heterocycles. The van der Waals surface area contributed by atoms with Gasteiger partial charge in [-0.3, -0.25) is 0 Å². The maximum Gasteiger partial charge on any atom is 0.127 e. The minimum absolute atomic E-state index is 0.167. The van der Waals surface area contributed by atoms with Crippen LogP contribution in [0.15, 0.2) is 12.1 Å². The van der Waals surface area contributed by atoms with E-state index in [-0.39, 0.29) is 6.04 Å². The molecular weight excluding hydrogens is 240 g/mol. The van der Waals surface area contributed by atoms with Crippen LogP contribution in [0.1, 0.15) is 30.0 Å². The van der Waals surface area contributed by atoms with Crippen LogP contribution in [0.5, 0.6) is 11.5 Å². The van der Waals surface area contributed by atoms with Crippen molar-refractivity contribution < 1.29 is 9.47 Å². The van der Waals surface area contributed by atoms with Crippen molar-refractivity contribution in [3.63, 3.8) is 0 Å². The van der Waals surface area contributed by atoms with Crippen molar-refractivity contribution in [2.75, 3.05) is 28.3 Å². The molecule has 104 valence electrons. The van der Waals surface area contributed by atoms with Crippen LogP contribution in [0.3, 0.4) is 0 Å². The van der Waals surface area contributed by atoms with Crippen LogP contribution in [0.25, 0.3) is 0 Å². The third kappa shape index (κ3) is 3.62. The van der Waals surface area contributed by atoms with Gasteiger partial charge in [0.1, 0.15) is 11.5 Å². The van der Waals surface area contributed by atoms with E-state index in [0.717, 1.165) is 29.0 Å². The van der Waals surface area contributed by atoms with Crippen LogP contribution in [0.4, 0.5) is 0 Å². The predicted molar refractivity (Wildman–Crippen MR) is 75.6 cm³/mol. The first-order chi connectivity index (χ1) is 9.04. The standard InChI is InChI=1S/C15H22N2O2/c1-11-9-12(18-4)10-14(19-5)15(11)13(17(2)3)7-6-8-16/h9-10,13H,6-7H2,1-5H3. The Morgan fingerprint density at radius 2 is 1.95 bits per heavy atom. The van der Waals surface area contributed by atoms with Gasteiger partial charge < -0.3 is 14.4 Å². The number of ether oxygens (including phenoxy) is 2. The maximum absolute atomic E-state index is 8.80. The van der Waals surface area contributed by atoms with Gasteiger partial charge in [-0.15, -0.1) is 0 Å². The predicted octanol–water partition coefficient (Wildman–Crippen LogP) is 2.92. The zero-order valence-electron chi connectivity index (χ0n) is 12.4. The average Bonchev–Trinajstić information content (AvgIpc) is 2.39. The normalized spacial score (nSPS) is 12.1. The van der Waals surface area contributed by atoms with E-state index >= 15 is 0 Å². The fourth-order valence-electron chi connectivity index (χ4n) is 2.31. The van der Waals surface area contributed by atoms with E-state index in [9.17, 15) is 0 Å². The number of rotatable bonds is 6. The minimum atomic E-state index is 0.167. The zero-order valence-corrected chi connectivity index (χ0v) is 12.4. The lowest BCUT2D eigenvalue weighted by Crippen LogP contribution is -2.21. The van der Waals surface area contributed by atoms with Gasteiger partial charge in [-0.1, -0.05) is 0 Å². The fraction of sp³-hybridized carbons (Fsp3) is 0.533. The van der Waals surface area contributed by atoms with E-state index in [1.807, 2.05) is 33.2 Å². The van der Waals surface area contributed by atoms with E-state index in [0.29, 0.717) is 6.42 Å². The molecular formula is C15H22N2O2. The van der Waals surface area contributed by atoms with E-state index < -0.39 is 0 Å². The molecule has 1 aromatic rings. The van der Waals surface area contributed by atoms with Crippen LogP contribution in [-0.4, -0.2) is 33.2 Å². The summed E-state index contributed by atoms with van der Waals surface area (Å²) < 4.78 is 10.8. The van der Waals surface area contributed by atoms with Gasteiger partial charge in [-0.05, 0) is 39.1 Å². The summed E-state index contributed by atoms with van der Waals surface area (Å²) in [5, 5.41) is 8.80. The van der Waals surface area contributed by atoms with E-state index in [1.54, 1.807) is 14.2 Å². The summed E-state index contributed by atoms with van der Waals surface area (Å²) in [5.41, 5.74) is 2.25. The van der Waals surface area contributed by atoms with Gasteiger partial charge in [0, 0.05) is 24.1 Å². The molecule has 0 N–H and O–H groups in total. The highest BCUT2D eigenvalue weighted by Gasteiger charge is 2.21. The van der Waals surface area contributed by atoms with Gasteiger partial charge in [0.15, 0.2) is 0 Å². The molecule has 0 aliphatic heterocycles. The van der Waals surface area contributed by atoms with Crippen LogP contribution in [-0.2, 0) is 0 Å². The first-order valence-corrected chi connectivity index (χ1v) is 6.31. The number of methoxy groups -OCH3 is 2. The summed E-state index contributed by atoms with van der Waals surface area (Å²) in [5.74, 6) is 1.60. The summed E-state index contributed by atoms with van der Waals surface area (Å²) in [4.78, 5) is 2.12. The third-order valence-electron chi connectivity index (χ3n) is 3.26. The topological polar surface area (TPSA) is 45.5 Å². The largest absolute Gasteiger partial charge is 0.497 e. The highest BCUT2D eigenvalue weighted by molar-refractivity contribution is 5.48. The molecule has 0 spiro atoms. The average molecular weight is 262 g/mol. The molecule has 1 aromatic carbocycles. The summed E-state index contributed by atoms with van der Waals surface area (Å²) in [6.07, 6.45) is 1.31. The molecule has 1 atom stereocenters. The van der Waals surface area contributed by atoms with Gasteiger partial charge in [-0.2, -0.15) is 5.26 Å². The second-order valence-corrected chi connectivity index (χ2v) is 4.74. The molecule has 0 aliphatic carbocycles. The molecule has 4 heteroatoms. The molecule has 0 radical (unpaired) electrons. The van der Waals surface area contributed by atoms with E-state index in [4.69, 9.17) is 14.7 Å². The quantitative estimate of drug-likeness (QED) is 0.790. The van der Waals surface area contributed by atoms with Crippen molar-refractivity contribution in [3.05, 3.63) is 23.3 Å². The van der Waals surface area contributed by atoms with Crippen molar-refractivity contribution in [1.82, 2.24) is 4.90 Å². The summed E-state index contributed by atoms with van der Waals surface area (Å²) in [6.45, 7) is 2.04. The van der Waals surface area contributed by atoms with E-state index in [1.165, 1.54) is 0 Å². The van der Waals surface area contributed by atoms with Gasteiger partial charge in [0.05, 0.1) is 20.3 Å². The lowest BCUT2D eigenvalue weighted by atomic mass is 9.95. The number of benzene rings is 1. The number of nitrogens with zero attached hydrogens (tertiary/aromatic N) is 2. The highest BCUT2D eigenvalue weighted by atomic mass is 16.5.